The second kappa shape index (κ2) is 11.6. The second-order valence-corrected chi connectivity index (χ2v) is 8.14. The molecule has 164 valence electrons. The van der Waals surface area contributed by atoms with Crippen LogP contribution in [0.15, 0.2) is 60.0 Å². The number of ether oxygens (including phenoxy) is 2. The molecule has 0 radical (unpaired) electrons. The molecule has 0 bridgehead atoms. The summed E-state index contributed by atoms with van der Waals surface area (Å²) < 4.78 is 10.4. The number of amides is 1. The fraction of sp³-hybridized carbons (Fsp3) is 0.292. The van der Waals surface area contributed by atoms with E-state index >= 15 is 0 Å². The van der Waals surface area contributed by atoms with Gasteiger partial charge in [0.2, 0.25) is 0 Å². The second-order valence-electron chi connectivity index (χ2n) is 7.19. The van der Waals surface area contributed by atoms with Crippen LogP contribution in [-0.2, 0) is 16.0 Å². The summed E-state index contributed by atoms with van der Waals surface area (Å²) in [5.41, 5.74) is 9.99. The molecule has 1 amide bonds. The molecule has 0 saturated carbocycles. The zero-order chi connectivity index (χ0) is 22.1. The van der Waals surface area contributed by atoms with Crippen LogP contribution in [0.5, 0.6) is 0 Å². The molecule has 0 unspecified atom stereocenters. The molecular formula is C24H29N3O3S. The molecule has 31 heavy (non-hydrogen) atoms. The van der Waals surface area contributed by atoms with Crippen molar-refractivity contribution in [3.05, 3.63) is 71.1 Å². The Morgan fingerprint density at radius 3 is 2.35 bits per heavy atom. The molecule has 1 aromatic heterocycles. The van der Waals surface area contributed by atoms with Gasteiger partial charge in [-0.25, -0.2) is 0 Å². The van der Waals surface area contributed by atoms with Gasteiger partial charge in [0.15, 0.2) is 0 Å². The standard InChI is InChI=1S/C24H29N3O3S/c1-29-13-11-27(12-14-30-2)17-18-5-7-19(8-6-18)24(28)26-22-16-20(9-10-21(22)25)23-4-3-15-31-23/h3-10,15-16H,11-14,17,25H2,1-2H3,(H,26,28). The maximum absolute atomic E-state index is 12.8. The lowest BCUT2D eigenvalue weighted by molar-refractivity contribution is 0.102. The molecule has 2 aromatic carbocycles. The smallest absolute Gasteiger partial charge is 0.255 e. The molecule has 0 saturated heterocycles. The minimum Gasteiger partial charge on any atom is -0.397 e. The summed E-state index contributed by atoms with van der Waals surface area (Å²) in [4.78, 5) is 16.2. The number of carbonyl (C=O) groups excluding carboxylic acids is 1. The van der Waals surface area contributed by atoms with E-state index in [2.05, 4.69) is 10.2 Å². The van der Waals surface area contributed by atoms with Gasteiger partial charge in [0.25, 0.3) is 5.91 Å². The molecule has 1 heterocycles. The van der Waals surface area contributed by atoms with Crippen LogP contribution in [0.3, 0.4) is 0 Å². The van der Waals surface area contributed by atoms with Gasteiger partial charge >= 0.3 is 0 Å². The highest BCUT2D eigenvalue weighted by molar-refractivity contribution is 7.13. The molecule has 0 fully saturated rings. The van der Waals surface area contributed by atoms with E-state index in [1.54, 1.807) is 25.6 Å². The summed E-state index contributed by atoms with van der Waals surface area (Å²) in [6.45, 7) is 3.74. The van der Waals surface area contributed by atoms with E-state index in [0.717, 1.165) is 35.6 Å². The van der Waals surface area contributed by atoms with Crippen molar-refractivity contribution >= 4 is 28.6 Å². The van der Waals surface area contributed by atoms with Crippen molar-refractivity contribution in [3.63, 3.8) is 0 Å². The first-order valence-electron chi connectivity index (χ1n) is 10.1. The summed E-state index contributed by atoms with van der Waals surface area (Å²) in [5.74, 6) is -0.183. The third-order valence-corrected chi connectivity index (χ3v) is 5.87. The predicted octanol–water partition coefficient (Wildman–Crippen LogP) is 4.34. The lowest BCUT2D eigenvalue weighted by Crippen LogP contribution is -2.30. The van der Waals surface area contributed by atoms with Gasteiger partial charge in [-0.3, -0.25) is 9.69 Å². The van der Waals surface area contributed by atoms with Crippen molar-refractivity contribution in [3.8, 4) is 10.4 Å². The topological polar surface area (TPSA) is 76.8 Å². The molecular weight excluding hydrogens is 410 g/mol. The normalized spacial score (nSPS) is 11.1. The molecule has 0 spiro atoms. The van der Waals surface area contributed by atoms with Crippen LogP contribution in [-0.4, -0.2) is 51.3 Å². The number of rotatable bonds is 11. The number of benzene rings is 2. The minimum absolute atomic E-state index is 0.183. The highest BCUT2D eigenvalue weighted by Gasteiger charge is 2.11. The van der Waals surface area contributed by atoms with E-state index in [1.165, 1.54) is 0 Å². The van der Waals surface area contributed by atoms with Crippen molar-refractivity contribution < 1.29 is 14.3 Å². The first-order valence-corrected chi connectivity index (χ1v) is 11.0. The predicted molar refractivity (Wildman–Crippen MR) is 128 cm³/mol. The van der Waals surface area contributed by atoms with Gasteiger partial charge in [0.05, 0.1) is 24.6 Å². The Morgan fingerprint density at radius 2 is 1.74 bits per heavy atom. The Morgan fingerprint density at radius 1 is 1.03 bits per heavy atom. The fourth-order valence-corrected chi connectivity index (χ4v) is 3.91. The Kier molecular flexibility index (Phi) is 8.61. The van der Waals surface area contributed by atoms with Gasteiger partial charge in [0.1, 0.15) is 0 Å². The Bertz CT molecular complexity index is 951. The molecule has 6 nitrogen and oxygen atoms in total. The largest absolute Gasteiger partial charge is 0.397 e. The summed E-state index contributed by atoms with van der Waals surface area (Å²) in [6.07, 6.45) is 0. The monoisotopic (exact) mass is 439 g/mol. The molecule has 0 atom stereocenters. The molecule has 3 rings (SSSR count). The molecule has 0 aliphatic carbocycles. The number of hydrogen-bond acceptors (Lipinski definition) is 6. The van der Waals surface area contributed by atoms with Crippen LogP contribution in [0, 0.1) is 0 Å². The van der Waals surface area contributed by atoms with E-state index in [-0.39, 0.29) is 5.91 Å². The van der Waals surface area contributed by atoms with Crippen LogP contribution >= 0.6 is 11.3 Å². The van der Waals surface area contributed by atoms with E-state index in [4.69, 9.17) is 15.2 Å². The number of nitrogens with zero attached hydrogens (tertiary/aromatic N) is 1. The highest BCUT2D eigenvalue weighted by atomic mass is 32.1. The number of anilines is 2. The van der Waals surface area contributed by atoms with Gasteiger partial charge in [-0.15, -0.1) is 11.3 Å². The molecule has 3 N–H and O–H groups in total. The van der Waals surface area contributed by atoms with E-state index in [0.29, 0.717) is 30.2 Å². The average molecular weight is 440 g/mol. The summed E-state index contributed by atoms with van der Waals surface area (Å²) in [5, 5.41) is 4.97. The average Bonchev–Trinajstić information content (AvgIpc) is 3.32. The number of nitrogens with two attached hydrogens (primary N) is 1. The van der Waals surface area contributed by atoms with Crippen molar-refractivity contribution in [2.75, 3.05) is 51.6 Å². The lowest BCUT2D eigenvalue weighted by atomic mass is 10.1. The van der Waals surface area contributed by atoms with Crippen LogP contribution in [0.4, 0.5) is 11.4 Å². The molecule has 3 aromatic rings. The van der Waals surface area contributed by atoms with Crippen molar-refractivity contribution in [2.45, 2.75) is 6.54 Å². The molecule has 0 aliphatic heterocycles. The zero-order valence-electron chi connectivity index (χ0n) is 18.0. The van der Waals surface area contributed by atoms with Gasteiger partial charge in [0, 0.05) is 44.3 Å². The Balaban J connectivity index is 1.65. The highest BCUT2D eigenvalue weighted by Crippen LogP contribution is 2.30. The third kappa shape index (κ3) is 6.63. The van der Waals surface area contributed by atoms with Crippen LogP contribution in [0.1, 0.15) is 15.9 Å². The molecule has 0 aliphatic rings. The van der Waals surface area contributed by atoms with Crippen LogP contribution < -0.4 is 11.1 Å². The Labute approximate surface area is 187 Å². The van der Waals surface area contributed by atoms with Crippen molar-refractivity contribution in [1.29, 1.82) is 0 Å². The SMILES string of the molecule is COCCN(CCOC)Cc1ccc(C(=O)Nc2cc(-c3cccs3)ccc2N)cc1. The third-order valence-electron chi connectivity index (χ3n) is 4.95. The summed E-state index contributed by atoms with van der Waals surface area (Å²) >= 11 is 1.65. The number of nitrogens with one attached hydrogen (secondary N) is 1. The van der Waals surface area contributed by atoms with Gasteiger partial charge in [-0.1, -0.05) is 24.3 Å². The quantitative estimate of drug-likeness (QED) is 0.435. The van der Waals surface area contributed by atoms with Gasteiger partial charge in [-0.2, -0.15) is 0 Å². The van der Waals surface area contributed by atoms with Gasteiger partial charge < -0.3 is 20.5 Å². The van der Waals surface area contributed by atoms with E-state index in [9.17, 15) is 4.79 Å². The zero-order valence-corrected chi connectivity index (χ0v) is 18.8. The first-order chi connectivity index (χ1) is 15.1. The van der Waals surface area contributed by atoms with E-state index in [1.807, 2.05) is 60.0 Å². The maximum atomic E-state index is 12.8. The summed E-state index contributed by atoms with van der Waals surface area (Å²) in [7, 11) is 3.40. The number of carbonyl (C=O) groups is 1. The van der Waals surface area contributed by atoms with Crippen LogP contribution in [0.25, 0.3) is 10.4 Å². The number of thiophene rings is 1. The fourth-order valence-electron chi connectivity index (χ4n) is 3.19. The minimum atomic E-state index is -0.183. The van der Waals surface area contributed by atoms with Crippen molar-refractivity contribution in [2.24, 2.45) is 0 Å². The summed E-state index contributed by atoms with van der Waals surface area (Å²) in [6, 6.07) is 17.4. The lowest BCUT2D eigenvalue weighted by Gasteiger charge is -2.21. The number of methoxy groups -OCH3 is 2. The maximum Gasteiger partial charge on any atom is 0.255 e. The number of nitrogen functional groups attached to an aromatic ring is 1. The Hall–Kier alpha value is -2.71. The van der Waals surface area contributed by atoms with Crippen molar-refractivity contribution in [1.82, 2.24) is 4.90 Å². The van der Waals surface area contributed by atoms with E-state index < -0.39 is 0 Å². The van der Waals surface area contributed by atoms with Gasteiger partial charge in [-0.05, 0) is 46.8 Å². The number of hydrogen-bond donors (Lipinski definition) is 2. The first kappa shape index (κ1) is 23.0. The van der Waals surface area contributed by atoms with Crippen LogP contribution in [0.2, 0.25) is 0 Å². The molecule has 7 heteroatoms.